The molecule has 3 heterocycles. The minimum absolute atomic E-state index is 0.0163. The van der Waals surface area contributed by atoms with Crippen LogP contribution in [0.1, 0.15) is 34.4 Å². The maximum absolute atomic E-state index is 13.8. The second kappa shape index (κ2) is 9.04. The van der Waals surface area contributed by atoms with E-state index in [1.807, 2.05) is 41.3 Å². The molecule has 5 nitrogen and oxygen atoms in total. The van der Waals surface area contributed by atoms with Gasteiger partial charge in [-0.15, -0.1) is 11.3 Å². The number of amides is 1. The molecular formula is C27H25N3O2S2. The zero-order chi connectivity index (χ0) is 23.1. The van der Waals surface area contributed by atoms with Crippen molar-refractivity contribution in [1.29, 1.82) is 0 Å². The third-order valence-corrected chi connectivity index (χ3v) is 8.89. The molecule has 0 radical (unpaired) electrons. The molecule has 0 saturated heterocycles. The molecule has 1 amide bonds. The Labute approximate surface area is 206 Å². The first kappa shape index (κ1) is 21.6. The molecule has 0 bridgehead atoms. The highest BCUT2D eigenvalue weighted by Gasteiger charge is 2.25. The quantitative estimate of drug-likeness (QED) is 0.300. The predicted octanol–water partition coefficient (Wildman–Crippen LogP) is 5.00. The Bertz CT molecular complexity index is 1440. The standard InChI is InChI=1S/C27H25N3O2S2/c31-23(29-15-14-18-8-4-5-9-19(18)16-29)17-33-27-28-25-24(21-12-6-7-13-22(21)34-25)26(32)30(27)20-10-2-1-3-11-20/h1-5,8-11H,6-7,12-17H2. The molecule has 0 N–H and O–H groups in total. The number of benzene rings is 2. The van der Waals surface area contributed by atoms with E-state index >= 15 is 0 Å². The van der Waals surface area contributed by atoms with Gasteiger partial charge in [0.15, 0.2) is 5.16 Å². The number of carbonyl (C=O) groups excluding carboxylic acids is 1. The Balaban J connectivity index is 1.34. The number of para-hydroxylation sites is 1. The molecule has 0 fully saturated rings. The van der Waals surface area contributed by atoms with Crippen LogP contribution >= 0.6 is 23.1 Å². The fourth-order valence-corrected chi connectivity index (χ4v) is 7.23. The Morgan fingerprint density at radius 1 is 0.971 bits per heavy atom. The second-order valence-electron chi connectivity index (χ2n) is 8.88. The number of carbonyl (C=O) groups is 1. The minimum Gasteiger partial charge on any atom is -0.337 e. The highest BCUT2D eigenvalue weighted by atomic mass is 32.2. The Hall–Kier alpha value is -2.90. The lowest BCUT2D eigenvalue weighted by atomic mass is 9.97. The van der Waals surface area contributed by atoms with Crippen LogP contribution in [-0.4, -0.2) is 32.7 Å². The van der Waals surface area contributed by atoms with E-state index in [4.69, 9.17) is 4.98 Å². The number of thioether (sulfide) groups is 1. The number of thiophene rings is 1. The number of fused-ring (bicyclic) bond motifs is 4. The van der Waals surface area contributed by atoms with Crippen LogP contribution in [0, 0.1) is 0 Å². The number of aromatic nitrogens is 2. The fraction of sp³-hybridized carbons (Fsp3) is 0.296. The molecule has 0 atom stereocenters. The molecular weight excluding hydrogens is 462 g/mol. The van der Waals surface area contributed by atoms with Crippen LogP contribution in [0.15, 0.2) is 64.5 Å². The summed E-state index contributed by atoms with van der Waals surface area (Å²) in [5, 5.41) is 1.36. The van der Waals surface area contributed by atoms with Crippen LogP contribution in [0.2, 0.25) is 0 Å². The van der Waals surface area contributed by atoms with Gasteiger partial charge in [0.05, 0.1) is 16.8 Å². The van der Waals surface area contributed by atoms with E-state index in [1.165, 1.54) is 39.8 Å². The van der Waals surface area contributed by atoms with Gasteiger partial charge in [-0.2, -0.15) is 0 Å². The highest BCUT2D eigenvalue weighted by Crippen LogP contribution is 2.35. The molecule has 7 heteroatoms. The van der Waals surface area contributed by atoms with Crippen molar-refractivity contribution >= 4 is 39.2 Å². The molecule has 172 valence electrons. The van der Waals surface area contributed by atoms with E-state index in [0.29, 0.717) is 11.7 Å². The van der Waals surface area contributed by atoms with Gasteiger partial charge in [0.25, 0.3) is 5.56 Å². The molecule has 34 heavy (non-hydrogen) atoms. The minimum atomic E-state index is -0.0163. The molecule has 6 rings (SSSR count). The van der Waals surface area contributed by atoms with Gasteiger partial charge in [0.2, 0.25) is 5.91 Å². The molecule has 1 aliphatic heterocycles. The van der Waals surface area contributed by atoms with Crippen molar-refractivity contribution in [2.24, 2.45) is 0 Å². The third kappa shape index (κ3) is 3.87. The van der Waals surface area contributed by atoms with Gasteiger partial charge in [0, 0.05) is 18.0 Å². The van der Waals surface area contributed by atoms with Crippen LogP contribution in [-0.2, 0) is 30.6 Å². The topological polar surface area (TPSA) is 55.2 Å². The Morgan fingerprint density at radius 2 is 1.74 bits per heavy atom. The fourth-order valence-electron chi connectivity index (χ4n) is 5.01. The van der Waals surface area contributed by atoms with Gasteiger partial charge in [-0.05, 0) is 60.9 Å². The molecule has 1 aliphatic carbocycles. The molecule has 0 saturated carbocycles. The van der Waals surface area contributed by atoms with Crippen LogP contribution in [0.5, 0.6) is 0 Å². The van der Waals surface area contributed by atoms with Crippen molar-refractivity contribution in [2.45, 2.75) is 43.8 Å². The Kier molecular flexibility index (Phi) is 5.75. The maximum atomic E-state index is 13.8. The summed E-state index contributed by atoms with van der Waals surface area (Å²) in [7, 11) is 0. The van der Waals surface area contributed by atoms with E-state index in [0.717, 1.165) is 48.1 Å². The predicted molar refractivity (Wildman–Crippen MR) is 138 cm³/mol. The van der Waals surface area contributed by atoms with Crippen LogP contribution in [0.4, 0.5) is 0 Å². The first-order valence-corrected chi connectivity index (χ1v) is 13.6. The number of hydrogen-bond donors (Lipinski definition) is 0. The monoisotopic (exact) mass is 487 g/mol. The van der Waals surface area contributed by atoms with Gasteiger partial charge in [-0.1, -0.05) is 54.2 Å². The van der Waals surface area contributed by atoms with Crippen molar-refractivity contribution in [3.8, 4) is 5.69 Å². The van der Waals surface area contributed by atoms with Gasteiger partial charge < -0.3 is 4.90 Å². The van der Waals surface area contributed by atoms with E-state index in [2.05, 4.69) is 18.2 Å². The summed E-state index contributed by atoms with van der Waals surface area (Å²) in [6.07, 6.45) is 5.14. The van der Waals surface area contributed by atoms with E-state index < -0.39 is 0 Å². The normalized spacial score (nSPS) is 15.2. The molecule has 2 aliphatic rings. The van der Waals surface area contributed by atoms with Gasteiger partial charge >= 0.3 is 0 Å². The number of nitrogens with zero attached hydrogens (tertiary/aromatic N) is 3. The molecule has 0 spiro atoms. The Morgan fingerprint density at radius 3 is 2.59 bits per heavy atom. The van der Waals surface area contributed by atoms with E-state index in [-0.39, 0.29) is 17.2 Å². The lowest BCUT2D eigenvalue weighted by molar-refractivity contribution is -0.129. The van der Waals surface area contributed by atoms with Crippen molar-refractivity contribution in [3.63, 3.8) is 0 Å². The zero-order valence-electron chi connectivity index (χ0n) is 18.8. The first-order valence-electron chi connectivity index (χ1n) is 11.8. The average Bonchev–Trinajstić information content (AvgIpc) is 3.26. The SMILES string of the molecule is O=C(CSc1nc2sc3c(c2c(=O)n1-c1ccccc1)CCCC3)N1CCc2ccccc2C1. The summed E-state index contributed by atoms with van der Waals surface area (Å²) in [6, 6.07) is 18.0. The lowest BCUT2D eigenvalue weighted by Crippen LogP contribution is -2.37. The average molecular weight is 488 g/mol. The first-order chi connectivity index (χ1) is 16.7. The molecule has 0 unspecified atom stereocenters. The second-order valence-corrected chi connectivity index (χ2v) is 10.9. The van der Waals surface area contributed by atoms with Crippen LogP contribution in [0.3, 0.4) is 0 Å². The van der Waals surface area contributed by atoms with Crippen molar-refractivity contribution in [2.75, 3.05) is 12.3 Å². The molecule has 4 aromatic rings. The number of aryl methyl sites for hydroxylation is 2. The van der Waals surface area contributed by atoms with Gasteiger partial charge in [-0.3, -0.25) is 14.2 Å². The maximum Gasteiger partial charge on any atom is 0.267 e. The van der Waals surface area contributed by atoms with E-state index in [1.54, 1.807) is 15.9 Å². The summed E-state index contributed by atoms with van der Waals surface area (Å²) in [6.45, 7) is 1.37. The van der Waals surface area contributed by atoms with Crippen molar-refractivity contribution < 1.29 is 4.79 Å². The van der Waals surface area contributed by atoms with Gasteiger partial charge in [-0.25, -0.2) is 4.98 Å². The summed E-state index contributed by atoms with van der Waals surface area (Å²) < 4.78 is 1.70. The summed E-state index contributed by atoms with van der Waals surface area (Å²) in [5.74, 6) is 0.344. The zero-order valence-corrected chi connectivity index (χ0v) is 20.5. The number of rotatable bonds is 4. The lowest BCUT2D eigenvalue weighted by Gasteiger charge is -2.28. The van der Waals surface area contributed by atoms with E-state index in [9.17, 15) is 9.59 Å². The number of hydrogen-bond acceptors (Lipinski definition) is 5. The molecule has 2 aromatic heterocycles. The van der Waals surface area contributed by atoms with Crippen LogP contribution < -0.4 is 5.56 Å². The van der Waals surface area contributed by atoms with Crippen molar-refractivity contribution in [3.05, 3.63) is 86.5 Å². The summed E-state index contributed by atoms with van der Waals surface area (Å²) in [5.41, 5.74) is 4.51. The summed E-state index contributed by atoms with van der Waals surface area (Å²) >= 11 is 3.02. The highest BCUT2D eigenvalue weighted by molar-refractivity contribution is 7.99. The van der Waals surface area contributed by atoms with Gasteiger partial charge in [0.1, 0.15) is 4.83 Å². The smallest absolute Gasteiger partial charge is 0.267 e. The van der Waals surface area contributed by atoms with Crippen LogP contribution in [0.25, 0.3) is 15.9 Å². The third-order valence-electron chi connectivity index (χ3n) is 6.78. The van der Waals surface area contributed by atoms with Crippen molar-refractivity contribution in [1.82, 2.24) is 14.5 Å². The summed E-state index contributed by atoms with van der Waals surface area (Å²) in [4.78, 5) is 35.9. The molecule has 2 aromatic carbocycles. The largest absolute Gasteiger partial charge is 0.337 e.